The van der Waals surface area contributed by atoms with Crippen LogP contribution in [-0.2, 0) is 4.79 Å². The van der Waals surface area contributed by atoms with Crippen molar-refractivity contribution in [3.63, 3.8) is 0 Å². The van der Waals surface area contributed by atoms with Crippen LogP contribution in [0.2, 0.25) is 0 Å². The van der Waals surface area contributed by atoms with Gasteiger partial charge in [-0.25, -0.2) is 0 Å². The van der Waals surface area contributed by atoms with E-state index in [1.54, 1.807) is 0 Å². The SMILES string of the molecule is CCCCCCC1SC=CC1C=O. The average molecular weight is 198 g/mol. The van der Waals surface area contributed by atoms with E-state index in [1.807, 2.05) is 17.8 Å². The molecule has 0 aromatic carbocycles. The topological polar surface area (TPSA) is 17.1 Å². The molecule has 0 aliphatic carbocycles. The number of hydrogen-bond acceptors (Lipinski definition) is 2. The summed E-state index contributed by atoms with van der Waals surface area (Å²) in [6, 6.07) is 0. The summed E-state index contributed by atoms with van der Waals surface area (Å²) >= 11 is 1.82. The van der Waals surface area contributed by atoms with Gasteiger partial charge in [0.2, 0.25) is 0 Å². The summed E-state index contributed by atoms with van der Waals surface area (Å²) in [4.78, 5) is 10.6. The van der Waals surface area contributed by atoms with E-state index in [1.165, 1.54) is 32.1 Å². The van der Waals surface area contributed by atoms with E-state index >= 15 is 0 Å². The molecule has 1 rings (SSSR count). The van der Waals surface area contributed by atoms with Crippen molar-refractivity contribution < 1.29 is 4.79 Å². The van der Waals surface area contributed by atoms with Crippen molar-refractivity contribution in [2.24, 2.45) is 5.92 Å². The summed E-state index contributed by atoms with van der Waals surface area (Å²) in [6.45, 7) is 2.22. The largest absolute Gasteiger partial charge is 0.303 e. The van der Waals surface area contributed by atoms with Crippen molar-refractivity contribution in [1.29, 1.82) is 0 Å². The van der Waals surface area contributed by atoms with Gasteiger partial charge in [0.1, 0.15) is 6.29 Å². The Morgan fingerprint density at radius 1 is 1.38 bits per heavy atom. The Kier molecular flexibility index (Phi) is 5.21. The molecule has 2 atom stereocenters. The standard InChI is InChI=1S/C11H18OS/c1-2-3-4-5-6-11-10(9-12)7-8-13-11/h7-11H,2-6H2,1H3. The molecule has 1 aliphatic heterocycles. The third-order valence-electron chi connectivity index (χ3n) is 2.48. The van der Waals surface area contributed by atoms with Crippen LogP contribution in [0.4, 0.5) is 0 Å². The van der Waals surface area contributed by atoms with E-state index in [0.717, 1.165) is 6.29 Å². The highest BCUT2D eigenvalue weighted by Gasteiger charge is 2.21. The van der Waals surface area contributed by atoms with Crippen molar-refractivity contribution >= 4 is 18.0 Å². The summed E-state index contributed by atoms with van der Waals surface area (Å²) in [7, 11) is 0. The lowest BCUT2D eigenvalue weighted by molar-refractivity contribution is -0.109. The predicted octanol–water partition coefficient (Wildman–Crippen LogP) is 3.40. The molecule has 1 nitrogen and oxygen atoms in total. The number of aldehydes is 1. The van der Waals surface area contributed by atoms with Crippen molar-refractivity contribution in [3.05, 3.63) is 11.5 Å². The van der Waals surface area contributed by atoms with E-state index in [2.05, 4.69) is 12.3 Å². The van der Waals surface area contributed by atoms with Crippen LogP contribution in [0, 0.1) is 5.92 Å². The Hall–Kier alpha value is -0.240. The van der Waals surface area contributed by atoms with E-state index < -0.39 is 0 Å². The Bertz CT molecular complexity index is 177. The smallest absolute Gasteiger partial charge is 0.127 e. The molecule has 0 saturated carbocycles. The summed E-state index contributed by atoms with van der Waals surface area (Å²) in [6.07, 6.45) is 9.52. The highest BCUT2D eigenvalue weighted by Crippen LogP contribution is 2.32. The quantitative estimate of drug-likeness (QED) is 0.480. The molecule has 0 aromatic heterocycles. The lowest BCUT2D eigenvalue weighted by Gasteiger charge is -2.12. The van der Waals surface area contributed by atoms with Crippen LogP contribution in [0.5, 0.6) is 0 Å². The van der Waals surface area contributed by atoms with Gasteiger partial charge >= 0.3 is 0 Å². The molecule has 1 aliphatic rings. The Morgan fingerprint density at radius 2 is 2.23 bits per heavy atom. The fourth-order valence-electron chi connectivity index (χ4n) is 1.62. The van der Waals surface area contributed by atoms with Gasteiger partial charge in [0.25, 0.3) is 0 Å². The fraction of sp³-hybridized carbons (Fsp3) is 0.727. The lowest BCUT2D eigenvalue weighted by atomic mass is 10.0. The van der Waals surface area contributed by atoms with Crippen molar-refractivity contribution in [3.8, 4) is 0 Å². The van der Waals surface area contributed by atoms with E-state index in [9.17, 15) is 4.79 Å². The molecule has 0 fully saturated rings. The van der Waals surface area contributed by atoms with Gasteiger partial charge in [-0.05, 0) is 11.8 Å². The van der Waals surface area contributed by atoms with Gasteiger partial charge in [0.05, 0.1) is 0 Å². The normalized spacial score (nSPS) is 26.5. The second-order valence-electron chi connectivity index (χ2n) is 3.57. The minimum atomic E-state index is 0.187. The third-order valence-corrected chi connectivity index (χ3v) is 3.70. The Morgan fingerprint density at radius 3 is 2.92 bits per heavy atom. The second-order valence-corrected chi connectivity index (χ2v) is 4.72. The first-order valence-electron chi connectivity index (χ1n) is 5.16. The number of carbonyl (C=O) groups excluding carboxylic acids is 1. The molecular weight excluding hydrogens is 180 g/mol. The van der Waals surface area contributed by atoms with Crippen LogP contribution in [-0.4, -0.2) is 11.5 Å². The molecule has 2 heteroatoms. The molecule has 0 saturated heterocycles. The summed E-state index contributed by atoms with van der Waals surface area (Å²) in [5, 5.41) is 2.61. The van der Waals surface area contributed by atoms with Crippen LogP contribution in [0.25, 0.3) is 0 Å². The minimum Gasteiger partial charge on any atom is -0.303 e. The van der Waals surface area contributed by atoms with Gasteiger partial charge in [0, 0.05) is 11.2 Å². The van der Waals surface area contributed by atoms with Gasteiger partial charge in [-0.15, -0.1) is 11.8 Å². The molecular formula is C11H18OS. The van der Waals surface area contributed by atoms with E-state index in [0.29, 0.717) is 5.25 Å². The summed E-state index contributed by atoms with van der Waals surface area (Å²) < 4.78 is 0. The molecule has 74 valence electrons. The van der Waals surface area contributed by atoms with Gasteiger partial charge in [-0.2, -0.15) is 0 Å². The fourth-order valence-corrected chi connectivity index (χ4v) is 2.73. The van der Waals surface area contributed by atoms with E-state index in [4.69, 9.17) is 0 Å². The molecule has 0 bridgehead atoms. The zero-order valence-electron chi connectivity index (χ0n) is 8.24. The highest BCUT2D eigenvalue weighted by atomic mass is 32.2. The molecule has 0 amide bonds. The molecule has 0 aromatic rings. The first-order valence-corrected chi connectivity index (χ1v) is 6.10. The first-order chi connectivity index (χ1) is 6.38. The van der Waals surface area contributed by atoms with Crippen LogP contribution in [0.15, 0.2) is 11.5 Å². The van der Waals surface area contributed by atoms with Crippen LogP contribution < -0.4 is 0 Å². The third kappa shape index (κ3) is 3.55. The molecule has 0 spiro atoms. The number of unbranched alkanes of at least 4 members (excludes halogenated alkanes) is 3. The molecule has 2 unspecified atom stereocenters. The minimum absolute atomic E-state index is 0.187. The number of thioether (sulfide) groups is 1. The van der Waals surface area contributed by atoms with Crippen molar-refractivity contribution in [2.45, 2.75) is 44.3 Å². The molecule has 13 heavy (non-hydrogen) atoms. The maximum atomic E-state index is 10.6. The van der Waals surface area contributed by atoms with Gasteiger partial charge in [-0.3, -0.25) is 0 Å². The average Bonchev–Trinajstić information content (AvgIpc) is 2.60. The summed E-state index contributed by atoms with van der Waals surface area (Å²) in [5.74, 6) is 0.187. The van der Waals surface area contributed by atoms with E-state index in [-0.39, 0.29) is 5.92 Å². The Labute approximate surface area is 85.0 Å². The lowest BCUT2D eigenvalue weighted by Crippen LogP contribution is -2.12. The number of hydrogen-bond donors (Lipinski definition) is 0. The zero-order chi connectivity index (χ0) is 9.52. The maximum Gasteiger partial charge on any atom is 0.127 e. The predicted molar refractivity (Wildman–Crippen MR) is 58.8 cm³/mol. The van der Waals surface area contributed by atoms with Crippen LogP contribution in [0.3, 0.4) is 0 Å². The molecule has 0 radical (unpaired) electrons. The second kappa shape index (κ2) is 6.25. The number of allylic oxidation sites excluding steroid dienone is 1. The van der Waals surface area contributed by atoms with Crippen LogP contribution in [0.1, 0.15) is 39.0 Å². The monoisotopic (exact) mass is 198 g/mol. The zero-order valence-corrected chi connectivity index (χ0v) is 9.06. The van der Waals surface area contributed by atoms with Gasteiger partial charge in [-0.1, -0.05) is 38.7 Å². The van der Waals surface area contributed by atoms with Crippen LogP contribution >= 0.6 is 11.8 Å². The van der Waals surface area contributed by atoms with Gasteiger partial charge < -0.3 is 4.79 Å². The van der Waals surface area contributed by atoms with Crippen molar-refractivity contribution in [1.82, 2.24) is 0 Å². The molecule has 0 N–H and O–H groups in total. The Balaban J connectivity index is 2.11. The number of rotatable bonds is 6. The van der Waals surface area contributed by atoms with Gasteiger partial charge in [0.15, 0.2) is 0 Å². The molecule has 1 heterocycles. The maximum absolute atomic E-state index is 10.6. The highest BCUT2D eigenvalue weighted by molar-refractivity contribution is 8.03. The number of carbonyl (C=O) groups is 1. The van der Waals surface area contributed by atoms with Crippen molar-refractivity contribution in [2.75, 3.05) is 0 Å². The first kappa shape index (κ1) is 10.8. The summed E-state index contributed by atoms with van der Waals surface area (Å²) in [5.41, 5.74) is 0.